The lowest BCUT2D eigenvalue weighted by atomic mass is 9.58. The third kappa shape index (κ3) is 7.20. The van der Waals surface area contributed by atoms with E-state index in [4.69, 9.17) is 25.8 Å². The highest BCUT2D eigenvalue weighted by molar-refractivity contribution is 6.32. The number of carbonyl (C=O) groups is 2. The number of rotatable bonds is 11. The van der Waals surface area contributed by atoms with Crippen LogP contribution >= 0.6 is 11.6 Å². The fourth-order valence-corrected chi connectivity index (χ4v) is 6.42. The number of nitrogens with one attached hydrogen (secondary N) is 1. The van der Waals surface area contributed by atoms with E-state index in [1.54, 1.807) is 24.1 Å². The molecule has 0 aromatic heterocycles. The molecule has 11 heteroatoms. The van der Waals surface area contributed by atoms with Crippen LogP contribution in [0.25, 0.3) is 5.57 Å². The predicted octanol–water partition coefficient (Wildman–Crippen LogP) is 6.27. The van der Waals surface area contributed by atoms with Crippen molar-refractivity contribution in [1.29, 1.82) is 0 Å². The molecule has 0 saturated carbocycles. The maximum absolute atomic E-state index is 13.9. The van der Waals surface area contributed by atoms with Crippen molar-refractivity contribution >= 4 is 29.1 Å². The first-order valence-electron chi connectivity index (χ1n) is 15.2. The molecule has 1 saturated heterocycles. The van der Waals surface area contributed by atoms with Gasteiger partial charge in [-0.3, -0.25) is 14.5 Å². The number of hydrogen-bond acceptors (Lipinski definition) is 6. The van der Waals surface area contributed by atoms with Crippen LogP contribution in [0.3, 0.4) is 0 Å². The molecule has 47 heavy (non-hydrogen) atoms. The summed E-state index contributed by atoms with van der Waals surface area (Å²) >= 11 is 6.78. The van der Waals surface area contributed by atoms with Gasteiger partial charge in [-0.2, -0.15) is 0 Å². The summed E-state index contributed by atoms with van der Waals surface area (Å²) in [6.07, 6.45) is 5.68. The first-order valence-corrected chi connectivity index (χ1v) is 15.6. The van der Waals surface area contributed by atoms with Crippen molar-refractivity contribution in [2.45, 2.75) is 33.0 Å². The quantitative estimate of drug-likeness (QED) is 0.249. The Labute approximate surface area is 277 Å². The lowest BCUT2D eigenvalue weighted by molar-refractivity contribution is -0.150. The van der Waals surface area contributed by atoms with E-state index >= 15 is 0 Å². The monoisotopic (exact) mass is 666 g/mol. The molecule has 0 bridgehead atoms. The van der Waals surface area contributed by atoms with Crippen molar-refractivity contribution in [3.63, 3.8) is 0 Å². The van der Waals surface area contributed by atoms with Crippen molar-refractivity contribution in [2.75, 3.05) is 33.4 Å². The molecule has 0 spiro atoms. The van der Waals surface area contributed by atoms with Crippen molar-refractivity contribution in [2.24, 2.45) is 10.8 Å². The summed E-state index contributed by atoms with van der Waals surface area (Å²) in [7, 11) is 1.58. The van der Waals surface area contributed by atoms with Gasteiger partial charge in [0, 0.05) is 43.2 Å². The molecule has 1 unspecified atom stereocenters. The lowest BCUT2D eigenvalue weighted by Gasteiger charge is -2.46. The van der Waals surface area contributed by atoms with Crippen LogP contribution in [0.4, 0.5) is 8.78 Å². The van der Waals surface area contributed by atoms with Gasteiger partial charge >= 0.3 is 5.97 Å². The first kappa shape index (κ1) is 34.1. The minimum atomic E-state index is -1.15. The number of halogens is 3. The topological polar surface area (TPSA) is 97.3 Å². The Bertz CT molecular complexity index is 1680. The molecular formula is C36H37ClF2N2O6. The standard InChI is InChI=1S/C36H37ClF2N2O6/c1-35(2)28(24-8-5-4-6-9-24)10-7-11-36(35,34(44)40-3)22-47-32-18-31(46-20-23-14-26(38)17-27(39)15-23)25(16-29(32)37)19-41-12-13-45-21-30(41)33(42)43/h4-11,14-18,30H,12-13,19-22H2,1-3H3,(H,40,44)(H,42,43)/t30-,36?/m0/s1. The number of ether oxygens (including phenoxy) is 3. The molecule has 1 fully saturated rings. The van der Waals surface area contributed by atoms with Crippen LogP contribution in [0.2, 0.25) is 5.02 Å². The van der Waals surface area contributed by atoms with Crippen LogP contribution in [0.1, 0.15) is 30.5 Å². The molecule has 3 aromatic rings. The summed E-state index contributed by atoms with van der Waals surface area (Å²) in [6, 6.07) is 15.2. The van der Waals surface area contributed by atoms with Gasteiger partial charge in [-0.25, -0.2) is 8.78 Å². The molecule has 2 atom stereocenters. The predicted molar refractivity (Wildman–Crippen MR) is 174 cm³/mol. The third-order valence-electron chi connectivity index (χ3n) is 8.93. The van der Waals surface area contributed by atoms with Crippen LogP contribution in [-0.2, 0) is 27.5 Å². The van der Waals surface area contributed by atoms with Crippen molar-refractivity contribution in [1.82, 2.24) is 10.2 Å². The molecule has 2 N–H and O–H groups in total. The van der Waals surface area contributed by atoms with Crippen molar-refractivity contribution < 1.29 is 37.7 Å². The maximum Gasteiger partial charge on any atom is 0.323 e. The smallest absolute Gasteiger partial charge is 0.323 e. The van der Waals surface area contributed by atoms with Gasteiger partial charge in [0.2, 0.25) is 5.91 Å². The zero-order chi connectivity index (χ0) is 33.8. The molecule has 1 aliphatic carbocycles. The number of amides is 1. The fourth-order valence-electron chi connectivity index (χ4n) is 6.18. The maximum atomic E-state index is 13.9. The van der Waals surface area contributed by atoms with E-state index < -0.39 is 34.5 Å². The molecule has 1 heterocycles. The molecule has 8 nitrogen and oxygen atoms in total. The SMILES string of the molecule is CNC(=O)C1(COc2cc(OCc3cc(F)cc(F)c3)c(CN3CCOC[C@H]3C(=O)O)cc2Cl)C=CC=C(c2ccccc2)C1(C)C. The van der Waals surface area contributed by atoms with Gasteiger partial charge in [0.15, 0.2) is 0 Å². The molecule has 5 rings (SSSR count). The first-order chi connectivity index (χ1) is 22.4. The molecule has 0 radical (unpaired) electrons. The van der Waals surface area contributed by atoms with Gasteiger partial charge in [-0.1, -0.05) is 74.0 Å². The number of benzene rings is 3. The molecule has 1 aliphatic heterocycles. The Morgan fingerprint density at radius 2 is 1.79 bits per heavy atom. The van der Waals surface area contributed by atoms with Gasteiger partial charge in [-0.05, 0) is 34.9 Å². The zero-order valence-corrected chi connectivity index (χ0v) is 27.2. The van der Waals surface area contributed by atoms with Crippen LogP contribution in [0, 0.1) is 22.5 Å². The molecule has 3 aromatic carbocycles. The molecule has 1 amide bonds. The van der Waals surface area contributed by atoms with E-state index in [1.165, 1.54) is 12.1 Å². The van der Waals surface area contributed by atoms with Gasteiger partial charge in [0.1, 0.15) is 47.8 Å². The number of carboxylic acid groups (broad SMARTS) is 1. The summed E-state index contributed by atoms with van der Waals surface area (Å²) in [5.74, 6) is -2.26. The number of allylic oxidation sites excluding steroid dienone is 3. The van der Waals surface area contributed by atoms with E-state index in [2.05, 4.69) is 5.32 Å². The van der Waals surface area contributed by atoms with Crippen LogP contribution in [0.5, 0.6) is 11.5 Å². The zero-order valence-electron chi connectivity index (χ0n) is 26.4. The second-order valence-electron chi connectivity index (χ2n) is 12.1. The average Bonchev–Trinajstić information content (AvgIpc) is 3.04. The summed E-state index contributed by atoms with van der Waals surface area (Å²) in [5.41, 5.74) is 0.864. The highest BCUT2D eigenvalue weighted by Crippen LogP contribution is 2.52. The molecule has 2 aliphatic rings. The van der Waals surface area contributed by atoms with Crippen molar-refractivity contribution in [3.8, 4) is 11.5 Å². The molecular weight excluding hydrogens is 630 g/mol. The number of nitrogens with zero attached hydrogens (tertiary/aromatic N) is 1. The minimum Gasteiger partial charge on any atom is -0.490 e. The highest BCUT2D eigenvalue weighted by Gasteiger charge is 2.53. The minimum absolute atomic E-state index is 0.0211. The normalized spacial score (nSPS) is 20.7. The van der Waals surface area contributed by atoms with Gasteiger partial charge < -0.3 is 24.6 Å². The van der Waals surface area contributed by atoms with E-state index in [-0.39, 0.29) is 54.4 Å². The van der Waals surface area contributed by atoms with Gasteiger partial charge in [0.25, 0.3) is 0 Å². The Morgan fingerprint density at radius 3 is 2.47 bits per heavy atom. The average molecular weight is 667 g/mol. The highest BCUT2D eigenvalue weighted by atomic mass is 35.5. The van der Waals surface area contributed by atoms with Gasteiger partial charge in [-0.15, -0.1) is 0 Å². The number of aliphatic carboxylic acids is 1. The van der Waals surface area contributed by atoms with Gasteiger partial charge in [0.05, 0.1) is 18.2 Å². The van der Waals surface area contributed by atoms with E-state index in [9.17, 15) is 23.5 Å². The second-order valence-corrected chi connectivity index (χ2v) is 12.5. The fraction of sp³-hybridized carbons (Fsp3) is 0.333. The summed E-state index contributed by atoms with van der Waals surface area (Å²) < 4.78 is 45.7. The summed E-state index contributed by atoms with van der Waals surface area (Å²) in [5, 5.41) is 12.8. The van der Waals surface area contributed by atoms with Crippen LogP contribution < -0.4 is 14.8 Å². The Morgan fingerprint density at radius 1 is 1.06 bits per heavy atom. The number of carbonyl (C=O) groups excluding carboxylic acids is 1. The molecule has 248 valence electrons. The summed E-state index contributed by atoms with van der Waals surface area (Å²) in [6.45, 7) is 4.59. The summed E-state index contributed by atoms with van der Waals surface area (Å²) in [4.78, 5) is 27.3. The third-order valence-corrected chi connectivity index (χ3v) is 9.23. The van der Waals surface area contributed by atoms with Crippen LogP contribution in [-0.4, -0.2) is 61.3 Å². The van der Waals surface area contributed by atoms with E-state index in [0.717, 1.165) is 17.2 Å². The van der Waals surface area contributed by atoms with Crippen molar-refractivity contribution in [3.05, 3.63) is 112 Å². The van der Waals surface area contributed by atoms with E-state index in [0.29, 0.717) is 18.7 Å². The number of carboxylic acids is 1. The second kappa shape index (κ2) is 14.3. The largest absolute Gasteiger partial charge is 0.490 e. The Balaban J connectivity index is 1.48. The number of morpholine rings is 1. The van der Waals surface area contributed by atoms with Crippen LogP contribution in [0.15, 0.2) is 78.9 Å². The lowest BCUT2D eigenvalue weighted by Crippen LogP contribution is -2.53. The number of hydrogen-bond donors (Lipinski definition) is 2. The Kier molecular flexibility index (Phi) is 10.3. The van der Waals surface area contributed by atoms with E-state index in [1.807, 2.05) is 62.4 Å². The Hall–Kier alpha value is -4.25.